The smallest absolute Gasteiger partial charge is 0.410 e. The summed E-state index contributed by atoms with van der Waals surface area (Å²) in [5.41, 5.74) is 8.57. The first-order chi connectivity index (χ1) is 20.8. The number of pyridine rings is 2. The first kappa shape index (κ1) is 26.6. The van der Waals surface area contributed by atoms with Gasteiger partial charge in [-0.1, -0.05) is 0 Å². The molecule has 2 aliphatic heterocycles. The first-order valence-electron chi connectivity index (χ1n) is 15.5. The molecule has 2 saturated carbocycles. The molecule has 8 rings (SSSR count). The van der Waals surface area contributed by atoms with Crippen LogP contribution in [-0.2, 0) is 30.7 Å². The molecule has 4 aliphatic rings. The van der Waals surface area contributed by atoms with Crippen LogP contribution in [0.25, 0.3) is 22.3 Å². The second kappa shape index (κ2) is 10.0. The van der Waals surface area contributed by atoms with Crippen molar-refractivity contribution < 1.29 is 9.53 Å². The zero-order chi connectivity index (χ0) is 29.3. The van der Waals surface area contributed by atoms with Crippen molar-refractivity contribution in [2.24, 2.45) is 0 Å². The topological polar surface area (TPSA) is 94.2 Å². The van der Waals surface area contributed by atoms with Crippen molar-refractivity contribution in [1.82, 2.24) is 39.3 Å². The lowest BCUT2D eigenvalue weighted by Crippen LogP contribution is -2.40. The van der Waals surface area contributed by atoms with E-state index >= 15 is 0 Å². The van der Waals surface area contributed by atoms with E-state index in [1.165, 1.54) is 24.1 Å². The lowest BCUT2D eigenvalue weighted by Gasteiger charge is -2.30. The summed E-state index contributed by atoms with van der Waals surface area (Å²) in [6.45, 7) is 8.78. The van der Waals surface area contributed by atoms with Gasteiger partial charge in [0.15, 0.2) is 0 Å². The summed E-state index contributed by atoms with van der Waals surface area (Å²) in [6, 6.07) is 5.91. The fourth-order valence-corrected chi connectivity index (χ4v) is 6.50. The highest BCUT2D eigenvalue weighted by molar-refractivity contribution is 5.69. The Bertz CT molecular complexity index is 1700. The Morgan fingerprint density at radius 3 is 2.09 bits per heavy atom. The number of fused-ring (bicyclic) bond motifs is 2. The highest BCUT2D eigenvalue weighted by atomic mass is 16.6. The Morgan fingerprint density at radius 1 is 0.791 bits per heavy atom. The van der Waals surface area contributed by atoms with Crippen LogP contribution in [0, 0.1) is 0 Å². The average molecular weight is 579 g/mol. The van der Waals surface area contributed by atoms with Gasteiger partial charge >= 0.3 is 6.09 Å². The molecule has 10 nitrogen and oxygen atoms in total. The monoisotopic (exact) mass is 578 g/mol. The van der Waals surface area contributed by atoms with Crippen molar-refractivity contribution in [3.63, 3.8) is 0 Å². The van der Waals surface area contributed by atoms with Crippen molar-refractivity contribution in [3.8, 4) is 22.3 Å². The first-order valence-corrected chi connectivity index (χ1v) is 15.5. The fraction of sp³-hybridized carbons (Fsp3) is 0.485. The van der Waals surface area contributed by atoms with Gasteiger partial charge in [0, 0.05) is 96.9 Å². The van der Waals surface area contributed by atoms with E-state index in [1.807, 2.05) is 45.6 Å². The van der Waals surface area contributed by atoms with Crippen LogP contribution in [0.2, 0.25) is 0 Å². The van der Waals surface area contributed by atoms with Gasteiger partial charge in [-0.2, -0.15) is 10.2 Å². The van der Waals surface area contributed by atoms with E-state index in [9.17, 15) is 4.79 Å². The Kier molecular flexibility index (Phi) is 6.18. The third-order valence-corrected chi connectivity index (χ3v) is 9.08. The number of carbonyl (C=O) groups excluding carboxylic acids is 1. The van der Waals surface area contributed by atoms with Crippen molar-refractivity contribution >= 4 is 6.09 Å². The van der Waals surface area contributed by atoms with Gasteiger partial charge in [0.2, 0.25) is 0 Å². The number of ether oxygens (including phenoxy) is 1. The average Bonchev–Trinajstić information content (AvgIpc) is 3.90. The quantitative estimate of drug-likeness (QED) is 0.321. The maximum atomic E-state index is 12.7. The molecule has 0 spiro atoms. The maximum Gasteiger partial charge on any atom is 0.410 e. The molecule has 2 unspecified atom stereocenters. The van der Waals surface area contributed by atoms with Crippen LogP contribution in [-0.4, -0.2) is 70.2 Å². The number of hydrogen-bond acceptors (Lipinski definition) is 7. The Labute approximate surface area is 251 Å². The predicted molar refractivity (Wildman–Crippen MR) is 161 cm³/mol. The second-order valence-electron chi connectivity index (χ2n) is 13.6. The summed E-state index contributed by atoms with van der Waals surface area (Å²) in [5.74, 6) is 0. The molecule has 0 aromatic carbocycles. The van der Waals surface area contributed by atoms with Gasteiger partial charge in [0.1, 0.15) is 5.60 Å². The number of carbonyl (C=O) groups is 1. The van der Waals surface area contributed by atoms with E-state index in [0.717, 1.165) is 65.9 Å². The molecule has 0 bridgehead atoms. The zero-order valence-electron chi connectivity index (χ0n) is 25.1. The molecule has 222 valence electrons. The number of rotatable bonds is 5. The summed E-state index contributed by atoms with van der Waals surface area (Å²) in [4.78, 5) is 26.6. The molecule has 6 heterocycles. The summed E-state index contributed by atoms with van der Waals surface area (Å²) < 4.78 is 9.83. The summed E-state index contributed by atoms with van der Waals surface area (Å²) in [7, 11) is 0. The highest BCUT2D eigenvalue weighted by Gasteiger charge is 2.44. The van der Waals surface area contributed by atoms with E-state index in [1.54, 1.807) is 4.90 Å². The number of aromatic nitrogens is 6. The molecule has 4 aromatic rings. The van der Waals surface area contributed by atoms with E-state index in [4.69, 9.17) is 19.8 Å². The molecule has 4 aromatic heterocycles. The molecule has 0 radical (unpaired) electrons. The molecule has 0 N–H and O–H groups in total. The summed E-state index contributed by atoms with van der Waals surface area (Å²) in [6.07, 6.45) is 17.2. The van der Waals surface area contributed by atoms with Crippen molar-refractivity contribution in [2.75, 3.05) is 13.1 Å². The zero-order valence-corrected chi connectivity index (χ0v) is 25.1. The fourth-order valence-electron chi connectivity index (χ4n) is 6.50. The van der Waals surface area contributed by atoms with E-state index in [2.05, 4.69) is 43.9 Å². The molecular formula is C33H38N8O2. The highest BCUT2D eigenvalue weighted by Crippen LogP contribution is 2.43. The van der Waals surface area contributed by atoms with Gasteiger partial charge in [-0.25, -0.2) is 4.79 Å². The normalized spacial score (nSPS) is 21.8. The Hall–Kier alpha value is -4.05. The largest absolute Gasteiger partial charge is 0.444 e. The Morgan fingerprint density at radius 2 is 1.42 bits per heavy atom. The minimum absolute atomic E-state index is 0.270. The lowest BCUT2D eigenvalue weighted by molar-refractivity contribution is 0.0223. The predicted octanol–water partition coefficient (Wildman–Crippen LogP) is 5.20. The van der Waals surface area contributed by atoms with Gasteiger partial charge in [-0.15, -0.1) is 0 Å². The van der Waals surface area contributed by atoms with Crippen LogP contribution in [0.4, 0.5) is 4.79 Å². The van der Waals surface area contributed by atoms with Crippen LogP contribution in [0.3, 0.4) is 0 Å². The van der Waals surface area contributed by atoms with Crippen molar-refractivity contribution in [3.05, 3.63) is 71.8 Å². The van der Waals surface area contributed by atoms with Gasteiger partial charge < -0.3 is 9.64 Å². The second-order valence-corrected chi connectivity index (χ2v) is 13.6. The molecule has 1 amide bonds. The van der Waals surface area contributed by atoms with Crippen LogP contribution >= 0.6 is 0 Å². The van der Waals surface area contributed by atoms with Gasteiger partial charge in [-0.05, 0) is 63.3 Å². The lowest BCUT2D eigenvalue weighted by atomic mass is 10.0. The van der Waals surface area contributed by atoms with Gasteiger partial charge in [0.05, 0.1) is 31.0 Å². The SMILES string of the molecule is CC(C)(C)OC(=O)N1CCc2ncc(-c3cnn(C4CC4N4CCc5ncc(-c6cnn(C7CC7)c6)cc5C4)c3)cc2C1. The van der Waals surface area contributed by atoms with E-state index in [0.29, 0.717) is 31.2 Å². The van der Waals surface area contributed by atoms with Crippen molar-refractivity contribution in [1.29, 1.82) is 0 Å². The molecule has 10 heteroatoms. The molecule has 2 atom stereocenters. The van der Waals surface area contributed by atoms with Crippen LogP contribution in [0.1, 0.15) is 74.6 Å². The molecular weight excluding hydrogens is 540 g/mol. The van der Waals surface area contributed by atoms with Gasteiger partial charge in [0.25, 0.3) is 0 Å². The van der Waals surface area contributed by atoms with E-state index in [-0.39, 0.29) is 6.09 Å². The van der Waals surface area contributed by atoms with E-state index < -0.39 is 5.60 Å². The number of amides is 1. The third-order valence-electron chi connectivity index (χ3n) is 9.08. The summed E-state index contributed by atoms with van der Waals surface area (Å²) in [5, 5.41) is 9.35. The van der Waals surface area contributed by atoms with Gasteiger partial charge in [-0.3, -0.25) is 24.2 Å². The van der Waals surface area contributed by atoms with Crippen LogP contribution in [0.15, 0.2) is 49.3 Å². The number of nitrogens with zero attached hydrogens (tertiary/aromatic N) is 8. The molecule has 2 aliphatic carbocycles. The minimum atomic E-state index is -0.509. The minimum Gasteiger partial charge on any atom is -0.444 e. The maximum absolute atomic E-state index is 12.7. The van der Waals surface area contributed by atoms with Crippen LogP contribution in [0.5, 0.6) is 0 Å². The summed E-state index contributed by atoms with van der Waals surface area (Å²) >= 11 is 0. The molecule has 0 saturated heterocycles. The molecule has 43 heavy (non-hydrogen) atoms. The third kappa shape index (κ3) is 5.33. The van der Waals surface area contributed by atoms with Crippen molar-refractivity contribution in [2.45, 2.75) is 89.7 Å². The number of hydrogen-bond donors (Lipinski definition) is 0. The Balaban J connectivity index is 0.934. The molecule has 2 fully saturated rings. The van der Waals surface area contributed by atoms with Crippen LogP contribution < -0.4 is 0 Å². The standard InChI is InChI=1S/C33H38N8O2/c1-33(2,3)43-32(42)39-9-7-29-24(18-39)11-22(14-35-29)26-16-37-41(20-26)31-12-30(31)38-8-6-28-23(17-38)10-21(13-34-28)25-15-36-40(19-25)27-4-5-27/h10-11,13-16,19-20,27,30-31H,4-9,12,17-18H2,1-3H3.